The molecule has 0 atom stereocenters. The molecule has 0 fully saturated rings. The van der Waals surface area contributed by atoms with Crippen LogP contribution >= 0.6 is 0 Å². The molecule has 4 amide bonds. The Morgan fingerprint density at radius 2 is 1.56 bits per heavy atom. The molecule has 0 aliphatic rings. The Morgan fingerprint density at radius 3 is 2.19 bits per heavy atom. The second-order valence-electron chi connectivity index (χ2n) is 6.55. The van der Waals surface area contributed by atoms with Gasteiger partial charge in [0.1, 0.15) is 11.5 Å². The van der Waals surface area contributed by atoms with Gasteiger partial charge in [-0.2, -0.15) is 0 Å². The van der Waals surface area contributed by atoms with Crippen molar-refractivity contribution in [3.8, 4) is 0 Å². The number of urea groups is 1. The lowest BCUT2D eigenvalue weighted by atomic mass is 10.2. The van der Waals surface area contributed by atoms with Crippen molar-refractivity contribution >= 4 is 35.3 Å². The minimum Gasteiger partial charge on any atom is -0.465 e. The van der Waals surface area contributed by atoms with Crippen LogP contribution in [-0.4, -0.2) is 24.4 Å². The number of hydrogen-bond acceptors (Lipinski definition) is 4. The molecule has 0 aliphatic carbocycles. The zero-order valence-electron chi connectivity index (χ0n) is 17.1. The van der Waals surface area contributed by atoms with Crippen LogP contribution in [0.15, 0.2) is 95.8 Å². The fraction of sp³-hybridized carbons (Fsp3) is 0.0417. The Morgan fingerprint density at radius 1 is 0.875 bits per heavy atom. The maximum absolute atomic E-state index is 12.9. The molecule has 0 saturated heterocycles. The summed E-state index contributed by atoms with van der Waals surface area (Å²) in [6.45, 7) is 3.88. The van der Waals surface area contributed by atoms with E-state index in [1.165, 1.54) is 12.3 Å². The molecule has 0 radical (unpaired) electrons. The number of rotatable bonds is 8. The molecular formula is C24H22N4O4. The number of carbonyl (C=O) groups is 3. The fourth-order valence-corrected chi connectivity index (χ4v) is 2.63. The maximum Gasteiger partial charge on any atom is 0.319 e. The van der Waals surface area contributed by atoms with E-state index in [2.05, 4.69) is 27.8 Å². The van der Waals surface area contributed by atoms with Gasteiger partial charge < -0.3 is 25.7 Å². The SMILES string of the molecule is C=CCNC(=O)Nc1ccc(NC(=O)C(=Cc2ccco2)NC(=O)c2ccccc2)cc1. The highest BCUT2D eigenvalue weighted by Gasteiger charge is 2.15. The van der Waals surface area contributed by atoms with Gasteiger partial charge in [-0.1, -0.05) is 24.3 Å². The molecular weight excluding hydrogens is 408 g/mol. The summed E-state index contributed by atoms with van der Waals surface area (Å²) in [7, 11) is 0. The lowest BCUT2D eigenvalue weighted by Crippen LogP contribution is -2.30. The molecule has 1 heterocycles. The third-order valence-corrected chi connectivity index (χ3v) is 4.17. The molecule has 162 valence electrons. The molecule has 32 heavy (non-hydrogen) atoms. The van der Waals surface area contributed by atoms with Gasteiger partial charge in [-0.15, -0.1) is 6.58 Å². The topological polar surface area (TPSA) is 112 Å². The molecule has 4 N–H and O–H groups in total. The van der Waals surface area contributed by atoms with Crippen LogP contribution in [0, 0.1) is 0 Å². The quantitative estimate of drug-likeness (QED) is 0.320. The zero-order valence-corrected chi connectivity index (χ0v) is 17.1. The van der Waals surface area contributed by atoms with Gasteiger partial charge >= 0.3 is 6.03 Å². The molecule has 8 heteroatoms. The zero-order chi connectivity index (χ0) is 22.8. The van der Waals surface area contributed by atoms with Crippen molar-refractivity contribution in [3.05, 3.63) is 103 Å². The van der Waals surface area contributed by atoms with Crippen LogP contribution in [0.25, 0.3) is 6.08 Å². The lowest BCUT2D eigenvalue weighted by Gasteiger charge is -2.12. The first-order chi connectivity index (χ1) is 15.5. The third kappa shape index (κ3) is 6.46. The number of amides is 4. The van der Waals surface area contributed by atoms with Crippen molar-refractivity contribution in [2.45, 2.75) is 0 Å². The summed E-state index contributed by atoms with van der Waals surface area (Å²) < 4.78 is 5.27. The minimum absolute atomic E-state index is 0.0137. The first-order valence-corrected chi connectivity index (χ1v) is 9.74. The first-order valence-electron chi connectivity index (χ1n) is 9.74. The molecule has 1 aromatic heterocycles. The van der Waals surface area contributed by atoms with Gasteiger partial charge in [-0.3, -0.25) is 9.59 Å². The first kappa shape index (κ1) is 22.1. The number of hydrogen-bond donors (Lipinski definition) is 4. The Kier molecular flexibility index (Phi) is 7.58. The monoisotopic (exact) mass is 430 g/mol. The van der Waals surface area contributed by atoms with E-state index in [4.69, 9.17) is 4.42 Å². The van der Waals surface area contributed by atoms with Gasteiger partial charge in [0.05, 0.1) is 6.26 Å². The molecule has 3 aromatic rings. The van der Waals surface area contributed by atoms with E-state index >= 15 is 0 Å². The van der Waals surface area contributed by atoms with Gasteiger partial charge in [0, 0.05) is 29.6 Å². The molecule has 2 aromatic carbocycles. The summed E-state index contributed by atoms with van der Waals surface area (Å²) in [5.74, 6) is -0.549. The predicted octanol–water partition coefficient (Wildman–Crippen LogP) is 4.00. The summed E-state index contributed by atoms with van der Waals surface area (Å²) in [6, 6.07) is 18.1. The Balaban J connectivity index is 1.70. The van der Waals surface area contributed by atoms with Crippen molar-refractivity contribution in [2.24, 2.45) is 0 Å². The molecule has 0 bridgehead atoms. The Bertz CT molecular complexity index is 1100. The standard InChI is InChI=1S/C24H22N4O4/c1-2-14-25-24(31)27-19-12-10-18(11-13-19)26-23(30)21(16-20-9-6-15-32-20)28-22(29)17-7-4-3-5-8-17/h2-13,15-16H,1,14H2,(H,26,30)(H,28,29)(H2,25,27,31). The van der Waals surface area contributed by atoms with Gasteiger partial charge in [-0.25, -0.2) is 4.79 Å². The highest BCUT2D eigenvalue weighted by atomic mass is 16.3. The van der Waals surface area contributed by atoms with Gasteiger partial charge in [0.15, 0.2) is 0 Å². The van der Waals surface area contributed by atoms with E-state index in [-0.39, 0.29) is 11.7 Å². The second-order valence-corrected chi connectivity index (χ2v) is 6.55. The van der Waals surface area contributed by atoms with E-state index in [1.807, 2.05) is 0 Å². The number of carbonyl (C=O) groups excluding carboxylic acids is 3. The second kappa shape index (κ2) is 11.0. The van der Waals surface area contributed by atoms with Crippen molar-refractivity contribution in [2.75, 3.05) is 17.2 Å². The van der Waals surface area contributed by atoms with E-state index < -0.39 is 11.8 Å². The van der Waals surface area contributed by atoms with E-state index in [1.54, 1.807) is 72.8 Å². The van der Waals surface area contributed by atoms with Gasteiger partial charge in [0.25, 0.3) is 11.8 Å². The summed E-state index contributed by atoms with van der Waals surface area (Å²) >= 11 is 0. The van der Waals surface area contributed by atoms with Crippen LogP contribution in [0.2, 0.25) is 0 Å². The molecule has 0 saturated carbocycles. The van der Waals surface area contributed by atoms with Crippen LogP contribution in [0.1, 0.15) is 16.1 Å². The van der Waals surface area contributed by atoms with Crippen LogP contribution in [0.4, 0.5) is 16.2 Å². The van der Waals surface area contributed by atoms with Crippen LogP contribution < -0.4 is 21.3 Å². The Labute approximate surface area is 185 Å². The van der Waals surface area contributed by atoms with E-state index in [9.17, 15) is 14.4 Å². The normalized spacial score (nSPS) is 10.7. The average molecular weight is 430 g/mol. The van der Waals surface area contributed by atoms with E-state index in [0.29, 0.717) is 29.2 Å². The molecule has 3 rings (SSSR count). The lowest BCUT2D eigenvalue weighted by molar-refractivity contribution is -0.113. The summed E-state index contributed by atoms with van der Waals surface area (Å²) in [5.41, 5.74) is 1.45. The van der Waals surface area contributed by atoms with E-state index in [0.717, 1.165) is 0 Å². The summed E-state index contributed by atoms with van der Waals surface area (Å²) in [4.78, 5) is 37.1. The average Bonchev–Trinajstić information content (AvgIpc) is 3.32. The van der Waals surface area contributed by atoms with Crippen molar-refractivity contribution in [1.82, 2.24) is 10.6 Å². The number of benzene rings is 2. The maximum atomic E-state index is 12.9. The van der Waals surface area contributed by atoms with Crippen LogP contribution in [0.3, 0.4) is 0 Å². The summed E-state index contributed by atoms with van der Waals surface area (Å²) in [5, 5.41) is 10.6. The smallest absolute Gasteiger partial charge is 0.319 e. The number of anilines is 2. The fourth-order valence-electron chi connectivity index (χ4n) is 2.63. The van der Waals surface area contributed by atoms with Crippen LogP contribution in [-0.2, 0) is 4.79 Å². The predicted molar refractivity (Wildman–Crippen MR) is 123 cm³/mol. The van der Waals surface area contributed by atoms with Gasteiger partial charge in [-0.05, 0) is 48.5 Å². The largest absolute Gasteiger partial charge is 0.465 e. The Hall–Kier alpha value is -4.59. The number of nitrogens with one attached hydrogen (secondary N) is 4. The van der Waals surface area contributed by atoms with Crippen LogP contribution in [0.5, 0.6) is 0 Å². The highest BCUT2D eigenvalue weighted by Crippen LogP contribution is 2.15. The van der Waals surface area contributed by atoms with Gasteiger partial charge in [0.2, 0.25) is 0 Å². The van der Waals surface area contributed by atoms with Crippen molar-refractivity contribution in [3.63, 3.8) is 0 Å². The van der Waals surface area contributed by atoms with Crippen molar-refractivity contribution in [1.29, 1.82) is 0 Å². The summed E-state index contributed by atoms with van der Waals surface area (Å²) in [6.07, 6.45) is 4.48. The third-order valence-electron chi connectivity index (χ3n) is 4.17. The molecule has 0 spiro atoms. The molecule has 0 unspecified atom stereocenters. The molecule has 0 aliphatic heterocycles. The number of furan rings is 1. The highest BCUT2D eigenvalue weighted by molar-refractivity contribution is 6.10. The molecule has 8 nitrogen and oxygen atoms in total. The minimum atomic E-state index is -0.532. The van der Waals surface area contributed by atoms with Crippen molar-refractivity contribution < 1.29 is 18.8 Å².